The second-order valence-corrected chi connectivity index (χ2v) is 12.5. The van der Waals surface area contributed by atoms with Gasteiger partial charge in [0.1, 0.15) is 17.5 Å². The molecule has 3 aromatic rings. The van der Waals surface area contributed by atoms with Crippen molar-refractivity contribution in [3.8, 4) is 5.75 Å². The molecule has 1 aliphatic rings. The summed E-state index contributed by atoms with van der Waals surface area (Å²) in [5.41, 5.74) is 1.95. The third-order valence-corrected chi connectivity index (χ3v) is 8.32. The van der Waals surface area contributed by atoms with Crippen molar-refractivity contribution in [2.45, 2.75) is 56.4 Å². The molecule has 3 aromatic carbocycles. The predicted octanol–water partition coefficient (Wildman–Crippen LogP) is 4.01. The largest absolute Gasteiger partial charge is 0.485 e. The molecule has 1 aliphatic heterocycles. The van der Waals surface area contributed by atoms with E-state index in [1.165, 1.54) is 6.07 Å². The fraction of sp³-hybridized carbons (Fsp3) is 0.296. The van der Waals surface area contributed by atoms with Gasteiger partial charge in [-0.3, -0.25) is 4.79 Å². The van der Waals surface area contributed by atoms with Crippen molar-refractivity contribution in [1.82, 2.24) is 10.0 Å². The number of carbonyl (C=O) groups excluding carboxylic acids is 1. The van der Waals surface area contributed by atoms with Crippen LogP contribution in [-0.2, 0) is 27.8 Å². The van der Waals surface area contributed by atoms with E-state index >= 15 is 0 Å². The Morgan fingerprint density at radius 1 is 1.06 bits per heavy atom. The highest BCUT2D eigenvalue weighted by molar-refractivity contribution is 14.1. The Morgan fingerprint density at radius 3 is 2.44 bits per heavy atom. The van der Waals surface area contributed by atoms with E-state index < -0.39 is 27.8 Å². The first-order valence-corrected chi connectivity index (χ1v) is 14.1. The van der Waals surface area contributed by atoms with E-state index in [0.29, 0.717) is 23.4 Å². The molecule has 2 atom stereocenters. The number of benzene rings is 3. The standard InChI is InChI=1S/C27H29IN2O5S/c1-17-5-4-6-21(13-17)36(33,34)30-25-22-14-19(9-12-23(22)35-27(2,3)26(25)32)15-24(31)29-16-18-7-10-20(28)11-8-18/h4-14,25-26,30,32H,15-16H2,1-3H3,(H,29,31). The molecular weight excluding hydrogens is 591 g/mol. The topological polar surface area (TPSA) is 105 Å². The second kappa shape index (κ2) is 10.5. The third kappa shape index (κ3) is 6.08. The number of ether oxygens (including phenoxy) is 1. The second-order valence-electron chi connectivity index (χ2n) is 9.52. The number of amides is 1. The normalized spacial score (nSPS) is 18.7. The van der Waals surface area contributed by atoms with Crippen molar-refractivity contribution in [2.75, 3.05) is 0 Å². The third-order valence-electron chi connectivity index (χ3n) is 6.16. The average molecular weight is 621 g/mol. The number of hydrogen-bond acceptors (Lipinski definition) is 5. The number of hydrogen-bond donors (Lipinski definition) is 3. The van der Waals surface area contributed by atoms with Crippen LogP contribution in [0.3, 0.4) is 0 Å². The van der Waals surface area contributed by atoms with Gasteiger partial charge in [-0.05, 0) is 96.5 Å². The van der Waals surface area contributed by atoms with E-state index in [1.54, 1.807) is 44.2 Å². The van der Waals surface area contributed by atoms with E-state index in [0.717, 1.165) is 14.7 Å². The molecule has 190 valence electrons. The molecule has 0 aliphatic carbocycles. The number of sulfonamides is 1. The Bertz CT molecular complexity index is 1370. The Balaban J connectivity index is 1.56. The van der Waals surface area contributed by atoms with Crippen LogP contribution in [0.1, 0.15) is 42.1 Å². The minimum Gasteiger partial charge on any atom is -0.485 e. The molecule has 7 nitrogen and oxygen atoms in total. The molecule has 2 unspecified atom stereocenters. The highest BCUT2D eigenvalue weighted by Gasteiger charge is 2.44. The summed E-state index contributed by atoms with van der Waals surface area (Å²) in [4.78, 5) is 12.7. The van der Waals surface area contributed by atoms with Gasteiger partial charge in [0.05, 0.1) is 17.4 Å². The van der Waals surface area contributed by atoms with Crippen LogP contribution in [0.25, 0.3) is 0 Å². The highest BCUT2D eigenvalue weighted by Crippen LogP contribution is 2.41. The number of carbonyl (C=O) groups is 1. The molecule has 36 heavy (non-hydrogen) atoms. The first-order valence-electron chi connectivity index (χ1n) is 11.5. The SMILES string of the molecule is Cc1cccc(S(=O)(=O)NC2c3cc(CC(=O)NCc4ccc(I)cc4)ccc3OC(C)(C)C2O)c1. The first-order chi connectivity index (χ1) is 16.9. The Morgan fingerprint density at radius 2 is 1.75 bits per heavy atom. The van der Waals surface area contributed by atoms with Crippen LogP contribution in [0, 0.1) is 10.5 Å². The summed E-state index contributed by atoms with van der Waals surface area (Å²) in [6, 6.07) is 18.8. The van der Waals surface area contributed by atoms with E-state index in [2.05, 4.69) is 32.6 Å². The van der Waals surface area contributed by atoms with Gasteiger partial charge in [-0.1, -0.05) is 30.3 Å². The lowest BCUT2D eigenvalue weighted by Gasteiger charge is -2.42. The minimum absolute atomic E-state index is 0.106. The van der Waals surface area contributed by atoms with Gasteiger partial charge in [-0.2, -0.15) is 0 Å². The quantitative estimate of drug-likeness (QED) is 0.347. The maximum atomic E-state index is 13.2. The highest BCUT2D eigenvalue weighted by atomic mass is 127. The smallest absolute Gasteiger partial charge is 0.241 e. The molecule has 0 radical (unpaired) electrons. The monoisotopic (exact) mass is 620 g/mol. The average Bonchev–Trinajstić information content (AvgIpc) is 2.82. The molecule has 0 bridgehead atoms. The van der Waals surface area contributed by atoms with Gasteiger partial charge in [0.15, 0.2) is 0 Å². The molecule has 3 N–H and O–H groups in total. The number of aryl methyl sites for hydroxylation is 1. The van der Waals surface area contributed by atoms with E-state index in [4.69, 9.17) is 4.74 Å². The van der Waals surface area contributed by atoms with Crippen molar-refractivity contribution < 1.29 is 23.1 Å². The molecule has 0 saturated carbocycles. The van der Waals surface area contributed by atoms with Gasteiger partial charge in [-0.15, -0.1) is 0 Å². The summed E-state index contributed by atoms with van der Waals surface area (Å²) in [6.45, 7) is 5.65. The van der Waals surface area contributed by atoms with Gasteiger partial charge in [0, 0.05) is 15.7 Å². The molecule has 0 fully saturated rings. The van der Waals surface area contributed by atoms with Crippen LogP contribution in [0.2, 0.25) is 0 Å². The lowest BCUT2D eigenvalue weighted by atomic mass is 9.86. The Hall–Kier alpha value is -2.47. The molecular formula is C27H29IN2O5S. The van der Waals surface area contributed by atoms with E-state index in [9.17, 15) is 18.3 Å². The molecule has 1 amide bonds. The molecule has 4 rings (SSSR count). The summed E-state index contributed by atoms with van der Waals surface area (Å²) in [5, 5.41) is 14.0. The van der Waals surface area contributed by atoms with Gasteiger partial charge in [0.25, 0.3) is 0 Å². The molecule has 0 spiro atoms. The number of aliphatic hydroxyl groups excluding tert-OH is 1. The fourth-order valence-corrected chi connectivity index (χ4v) is 5.84. The maximum absolute atomic E-state index is 13.2. The van der Waals surface area contributed by atoms with Crippen molar-refractivity contribution >= 4 is 38.5 Å². The van der Waals surface area contributed by atoms with Crippen molar-refractivity contribution in [3.05, 3.63) is 92.6 Å². The van der Waals surface area contributed by atoms with Gasteiger partial charge in [0.2, 0.25) is 15.9 Å². The summed E-state index contributed by atoms with van der Waals surface area (Å²) in [5.74, 6) is 0.299. The molecule has 0 saturated heterocycles. The zero-order valence-electron chi connectivity index (χ0n) is 20.3. The van der Waals surface area contributed by atoms with E-state index in [-0.39, 0.29) is 17.2 Å². The van der Waals surface area contributed by atoms with Crippen LogP contribution in [-0.4, -0.2) is 31.1 Å². The van der Waals surface area contributed by atoms with Crippen molar-refractivity contribution in [3.63, 3.8) is 0 Å². The summed E-state index contributed by atoms with van der Waals surface area (Å²) in [7, 11) is -3.93. The number of fused-ring (bicyclic) bond motifs is 1. The van der Waals surface area contributed by atoms with Crippen LogP contribution in [0.5, 0.6) is 5.75 Å². The van der Waals surface area contributed by atoms with Crippen LogP contribution in [0.15, 0.2) is 71.6 Å². The first kappa shape index (κ1) is 26.6. The Labute approximate surface area is 225 Å². The fourth-order valence-electron chi connectivity index (χ4n) is 4.16. The molecule has 0 aromatic heterocycles. The van der Waals surface area contributed by atoms with Crippen LogP contribution >= 0.6 is 22.6 Å². The zero-order chi connectivity index (χ0) is 26.1. The summed E-state index contributed by atoms with van der Waals surface area (Å²) in [6.07, 6.45) is -1.05. The van der Waals surface area contributed by atoms with Gasteiger partial charge in [-0.25, -0.2) is 13.1 Å². The Kier molecular flexibility index (Phi) is 7.75. The summed E-state index contributed by atoms with van der Waals surface area (Å²) >= 11 is 2.23. The van der Waals surface area contributed by atoms with Crippen molar-refractivity contribution in [2.24, 2.45) is 0 Å². The molecule has 9 heteroatoms. The number of aliphatic hydroxyl groups is 1. The van der Waals surface area contributed by atoms with E-state index in [1.807, 2.05) is 37.3 Å². The minimum atomic E-state index is -3.93. The predicted molar refractivity (Wildman–Crippen MR) is 146 cm³/mol. The number of halogens is 1. The maximum Gasteiger partial charge on any atom is 0.241 e. The van der Waals surface area contributed by atoms with Gasteiger partial charge < -0.3 is 15.2 Å². The van der Waals surface area contributed by atoms with Gasteiger partial charge >= 0.3 is 0 Å². The lowest BCUT2D eigenvalue weighted by molar-refractivity contribution is -0.120. The molecule has 1 heterocycles. The zero-order valence-corrected chi connectivity index (χ0v) is 23.3. The van der Waals surface area contributed by atoms with Crippen LogP contribution in [0.4, 0.5) is 0 Å². The van der Waals surface area contributed by atoms with Crippen molar-refractivity contribution in [1.29, 1.82) is 0 Å². The summed E-state index contributed by atoms with van der Waals surface area (Å²) < 4.78 is 36.2. The number of rotatable bonds is 7. The number of nitrogens with one attached hydrogen (secondary N) is 2. The lowest BCUT2D eigenvalue weighted by Crippen LogP contribution is -2.53. The van der Waals surface area contributed by atoms with Crippen LogP contribution < -0.4 is 14.8 Å².